The summed E-state index contributed by atoms with van der Waals surface area (Å²) in [4.78, 5) is 0. The molecule has 0 unspecified atom stereocenters. The van der Waals surface area contributed by atoms with Crippen LogP contribution in [0.3, 0.4) is 0 Å². The topological polar surface area (TPSA) is 52.0 Å². The lowest BCUT2D eigenvalue weighted by Gasteiger charge is -2.14. The molecule has 1 atom stereocenters. The van der Waals surface area contributed by atoms with Crippen molar-refractivity contribution in [3.05, 3.63) is 34.9 Å². The average Bonchev–Trinajstić information content (AvgIpc) is 2.14. The van der Waals surface area contributed by atoms with Crippen molar-refractivity contribution >= 4 is 0 Å². The Labute approximate surface area is 86.3 Å². The number of benzene rings is 1. The van der Waals surface area contributed by atoms with Gasteiger partial charge in [0, 0.05) is 6.04 Å². The first-order chi connectivity index (χ1) is 6.65. The molecule has 0 radical (unpaired) electrons. The Hall–Kier alpha value is -0.860. The highest BCUT2D eigenvalue weighted by Gasteiger charge is 2.07. The minimum atomic E-state index is 0.138. The van der Waals surface area contributed by atoms with Gasteiger partial charge in [-0.1, -0.05) is 23.8 Å². The Kier molecular flexibility index (Phi) is 4.11. The van der Waals surface area contributed by atoms with Crippen LogP contribution in [-0.2, 0) is 0 Å². The second-order valence-electron chi connectivity index (χ2n) is 3.90. The van der Waals surface area contributed by atoms with E-state index in [1.54, 1.807) is 0 Å². The summed E-state index contributed by atoms with van der Waals surface area (Å²) in [6.45, 7) is 4.94. The lowest BCUT2D eigenvalue weighted by molar-refractivity contribution is 0.615. The van der Waals surface area contributed by atoms with E-state index in [-0.39, 0.29) is 6.04 Å². The molecule has 0 saturated carbocycles. The standard InChI is InChI=1S/C12H20N2/c1-9-5-6-11(10(2)8-9)12(14)4-3-7-13/h5-6,8,12H,3-4,7,13-14H2,1-2H3/t12-/m1/s1. The maximum atomic E-state index is 6.08. The molecular weight excluding hydrogens is 172 g/mol. The Bertz CT molecular complexity index is 294. The molecule has 0 amide bonds. The quantitative estimate of drug-likeness (QED) is 0.767. The van der Waals surface area contributed by atoms with Gasteiger partial charge in [-0.2, -0.15) is 0 Å². The first-order valence-electron chi connectivity index (χ1n) is 5.18. The van der Waals surface area contributed by atoms with Crippen molar-refractivity contribution in [3.63, 3.8) is 0 Å². The monoisotopic (exact) mass is 192 g/mol. The van der Waals surface area contributed by atoms with Crippen molar-refractivity contribution in [1.29, 1.82) is 0 Å². The van der Waals surface area contributed by atoms with Gasteiger partial charge in [0.15, 0.2) is 0 Å². The zero-order chi connectivity index (χ0) is 10.6. The number of aryl methyl sites for hydroxylation is 2. The van der Waals surface area contributed by atoms with Crippen LogP contribution in [0.5, 0.6) is 0 Å². The van der Waals surface area contributed by atoms with E-state index in [4.69, 9.17) is 11.5 Å². The van der Waals surface area contributed by atoms with E-state index >= 15 is 0 Å². The van der Waals surface area contributed by atoms with E-state index in [1.807, 2.05) is 0 Å². The zero-order valence-electron chi connectivity index (χ0n) is 9.09. The van der Waals surface area contributed by atoms with Crippen molar-refractivity contribution in [3.8, 4) is 0 Å². The smallest absolute Gasteiger partial charge is 0.0297 e. The fourth-order valence-corrected chi connectivity index (χ4v) is 1.73. The lowest BCUT2D eigenvalue weighted by Crippen LogP contribution is -2.13. The summed E-state index contributed by atoms with van der Waals surface area (Å²) in [7, 11) is 0. The molecule has 4 N–H and O–H groups in total. The summed E-state index contributed by atoms with van der Waals surface area (Å²) < 4.78 is 0. The molecule has 0 aliphatic heterocycles. The van der Waals surface area contributed by atoms with Crippen LogP contribution in [-0.4, -0.2) is 6.54 Å². The van der Waals surface area contributed by atoms with Gasteiger partial charge in [-0.15, -0.1) is 0 Å². The van der Waals surface area contributed by atoms with Gasteiger partial charge in [0.2, 0.25) is 0 Å². The van der Waals surface area contributed by atoms with Crippen molar-refractivity contribution in [1.82, 2.24) is 0 Å². The van der Waals surface area contributed by atoms with E-state index in [0.29, 0.717) is 0 Å². The zero-order valence-corrected chi connectivity index (χ0v) is 9.09. The van der Waals surface area contributed by atoms with Gasteiger partial charge < -0.3 is 11.5 Å². The Balaban J connectivity index is 2.74. The highest BCUT2D eigenvalue weighted by Crippen LogP contribution is 2.20. The SMILES string of the molecule is Cc1ccc([C@H](N)CCCN)c(C)c1. The molecule has 1 aromatic rings. The molecular formula is C12H20N2. The molecule has 1 aromatic carbocycles. The third kappa shape index (κ3) is 2.82. The first-order valence-corrected chi connectivity index (χ1v) is 5.18. The Morgan fingerprint density at radius 1 is 1.29 bits per heavy atom. The van der Waals surface area contributed by atoms with E-state index in [2.05, 4.69) is 32.0 Å². The van der Waals surface area contributed by atoms with E-state index < -0.39 is 0 Å². The van der Waals surface area contributed by atoms with Gasteiger partial charge in [-0.05, 0) is 44.4 Å². The molecule has 0 bridgehead atoms. The van der Waals surface area contributed by atoms with Crippen LogP contribution in [0.1, 0.15) is 35.6 Å². The summed E-state index contributed by atoms with van der Waals surface area (Å²) >= 11 is 0. The van der Waals surface area contributed by atoms with Crippen LogP contribution in [0, 0.1) is 13.8 Å². The third-order valence-corrected chi connectivity index (χ3v) is 2.54. The predicted molar refractivity (Wildman–Crippen MR) is 61.1 cm³/mol. The van der Waals surface area contributed by atoms with Gasteiger partial charge in [0.05, 0.1) is 0 Å². The van der Waals surface area contributed by atoms with Crippen molar-refractivity contribution in [2.45, 2.75) is 32.7 Å². The van der Waals surface area contributed by atoms with Crippen LogP contribution in [0.25, 0.3) is 0 Å². The Morgan fingerprint density at radius 2 is 2.00 bits per heavy atom. The molecule has 0 aliphatic carbocycles. The second kappa shape index (κ2) is 5.13. The van der Waals surface area contributed by atoms with Crippen LogP contribution in [0.2, 0.25) is 0 Å². The Morgan fingerprint density at radius 3 is 2.57 bits per heavy atom. The van der Waals surface area contributed by atoms with Gasteiger partial charge >= 0.3 is 0 Å². The van der Waals surface area contributed by atoms with Gasteiger partial charge in [-0.3, -0.25) is 0 Å². The third-order valence-electron chi connectivity index (χ3n) is 2.54. The molecule has 14 heavy (non-hydrogen) atoms. The minimum absolute atomic E-state index is 0.138. The number of rotatable bonds is 4. The summed E-state index contributed by atoms with van der Waals surface area (Å²) in [5.41, 5.74) is 15.4. The maximum absolute atomic E-state index is 6.08. The summed E-state index contributed by atoms with van der Waals surface area (Å²) in [6, 6.07) is 6.56. The average molecular weight is 192 g/mol. The maximum Gasteiger partial charge on any atom is 0.0297 e. The van der Waals surface area contributed by atoms with Gasteiger partial charge in [0.1, 0.15) is 0 Å². The van der Waals surface area contributed by atoms with Crippen LogP contribution >= 0.6 is 0 Å². The van der Waals surface area contributed by atoms with Crippen molar-refractivity contribution < 1.29 is 0 Å². The lowest BCUT2D eigenvalue weighted by atomic mass is 9.97. The molecule has 2 nitrogen and oxygen atoms in total. The van der Waals surface area contributed by atoms with Crippen molar-refractivity contribution in [2.24, 2.45) is 11.5 Å². The van der Waals surface area contributed by atoms with Gasteiger partial charge in [0.25, 0.3) is 0 Å². The molecule has 0 aliphatic rings. The molecule has 0 heterocycles. The fraction of sp³-hybridized carbons (Fsp3) is 0.500. The van der Waals surface area contributed by atoms with Gasteiger partial charge in [-0.25, -0.2) is 0 Å². The number of hydrogen-bond acceptors (Lipinski definition) is 2. The van der Waals surface area contributed by atoms with Crippen LogP contribution in [0.15, 0.2) is 18.2 Å². The largest absolute Gasteiger partial charge is 0.330 e. The van der Waals surface area contributed by atoms with Crippen molar-refractivity contribution in [2.75, 3.05) is 6.54 Å². The van der Waals surface area contributed by atoms with Crippen LogP contribution < -0.4 is 11.5 Å². The highest BCUT2D eigenvalue weighted by molar-refractivity contribution is 5.32. The highest BCUT2D eigenvalue weighted by atomic mass is 14.6. The molecule has 78 valence electrons. The van der Waals surface area contributed by atoms with E-state index in [0.717, 1.165) is 19.4 Å². The predicted octanol–water partition coefficient (Wildman–Crippen LogP) is 2.04. The summed E-state index contributed by atoms with van der Waals surface area (Å²) in [5.74, 6) is 0. The number of nitrogens with two attached hydrogens (primary N) is 2. The van der Waals surface area contributed by atoms with Crippen LogP contribution in [0.4, 0.5) is 0 Å². The molecule has 0 spiro atoms. The summed E-state index contributed by atoms with van der Waals surface area (Å²) in [5, 5.41) is 0. The fourth-order valence-electron chi connectivity index (χ4n) is 1.73. The molecule has 2 heteroatoms. The minimum Gasteiger partial charge on any atom is -0.330 e. The molecule has 0 fully saturated rings. The molecule has 0 aromatic heterocycles. The van der Waals surface area contributed by atoms with E-state index in [1.165, 1.54) is 16.7 Å². The number of hydrogen-bond donors (Lipinski definition) is 2. The molecule has 0 saturated heterocycles. The first kappa shape index (κ1) is 11.2. The molecule has 1 rings (SSSR count). The summed E-state index contributed by atoms with van der Waals surface area (Å²) in [6.07, 6.45) is 1.97. The normalized spacial score (nSPS) is 12.9. The second-order valence-corrected chi connectivity index (χ2v) is 3.90. The van der Waals surface area contributed by atoms with E-state index in [9.17, 15) is 0 Å².